The van der Waals surface area contributed by atoms with Crippen LogP contribution in [0.1, 0.15) is 37.0 Å². The van der Waals surface area contributed by atoms with Crippen LogP contribution in [0.25, 0.3) is 5.69 Å². The standard InChI is InChI=1S/C16H21N5O3/c1-3-16(4-2,11-17)19-15(22)12-9-18-20(10-12)13-5-7-14(8-6-13)21(23)24/h5-10H,3-4,11,17H2,1-2H3,(H,19,22). The molecule has 24 heavy (non-hydrogen) atoms. The number of nitrogens with zero attached hydrogens (tertiary/aromatic N) is 3. The van der Waals surface area contributed by atoms with Crippen LogP contribution < -0.4 is 11.1 Å². The zero-order valence-electron chi connectivity index (χ0n) is 13.7. The first-order chi connectivity index (χ1) is 11.4. The lowest BCUT2D eigenvalue weighted by atomic mass is 9.92. The van der Waals surface area contributed by atoms with E-state index in [-0.39, 0.29) is 11.6 Å². The van der Waals surface area contributed by atoms with Crippen molar-refractivity contribution < 1.29 is 9.72 Å². The Morgan fingerprint density at radius 1 is 1.33 bits per heavy atom. The fourth-order valence-corrected chi connectivity index (χ4v) is 2.39. The van der Waals surface area contributed by atoms with Crippen molar-refractivity contribution in [2.75, 3.05) is 6.54 Å². The molecular formula is C16H21N5O3. The SMILES string of the molecule is CCC(CC)(CN)NC(=O)c1cnn(-c2ccc([N+](=O)[O-])cc2)c1. The first kappa shape index (κ1) is 17.6. The molecule has 1 heterocycles. The van der Waals surface area contributed by atoms with Gasteiger partial charge in [-0.2, -0.15) is 5.10 Å². The summed E-state index contributed by atoms with van der Waals surface area (Å²) in [4.78, 5) is 22.6. The van der Waals surface area contributed by atoms with Gasteiger partial charge in [0, 0.05) is 24.9 Å². The molecule has 0 aliphatic heterocycles. The monoisotopic (exact) mass is 331 g/mol. The Morgan fingerprint density at radius 2 is 1.96 bits per heavy atom. The highest BCUT2D eigenvalue weighted by atomic mass is 16.6. The second-order valence-electron chi connectivity index (χ2n) is 5.59. The Labute approximate surface area is 139 Å². The Bertz CT molecular complexity index is 711. The maximum Gasteiger partial charge on any atom is 0.269 e. The first-order valence-electron chi connectivity index (χ1n) is 7.76. The second kappa shape index (κ2) is 7.22. The Kier molecular flexibility index (Phi) is 5.30. The number of nitrogens with one attached hydrogen (secondary N) is 1. The molecule has 0 unspecified atom stereocenters. The highest BCUT2D eigenvalue weighted by Crippen LogP contribution is 2.17. The van der Waals surface area contributed by atoms with Gasteiger partial charge in [-0.1, -0.05) is 13.8 Å². The minimum atomic E-state index is -0.465. The van der Waals surface area contributed by atoms with E-state index >= 15 is 0 Å². The lowest BCUT2D eigenvalue weighted by Gasteiger charge is -2.31. The lowest BCUT2D eigenvalue weighted by Crippen LogP contribution is -2.52. The van der Waals surface area contributed by atoms with E-state index < -0.39 is 10.5 Å². The number of nitro groups is 1. The van der Waals surface area contributed by atoms with Crippen molar-refractivity contribution >= 4 is 11.6 Å². The Morgan fingerprint density at radius 3 is 2.46 bits per heavy atom. The van der Waals surface area contributed by atoms with Crippen molar-refractivity contribution in [1.29, 1.82) is 0 Å². The third-order valence-corrected chi connectivity index (χ3v) is 4.29. The predicted molar refractivity (Wildman–Crippen MR) is 90.1 cm³/mol. The van der Waals surface area contributed by atoms with E-state index in [0.717, 1.165) is 12.8 Å². The average molecular weight is 331 g/mol. The van der Waals surface area contributed by atoms with Gasteiger partial charge in [-0.25, -0.2) is 4.68 Å². The van der Waals surface area contributed by atoms with Crippen LogP contribution in [0.4, 0.5) is 5.69 Å². The lowest BCUT2D eigenvalue weighted by molar-refractivity contribution is -0.384. The molecule has 128 valence electrons. The molecule has 0 fully saturated rings. The van der Waals surface area contributed by atoms with E-state index in [1.807, 2.05) is 13.8 Å². The number of nitrogens with two attached hydrogens (primary N) is 1. The van der Waals surface area contributed by atoms with E-state index in [1.54, 1.807) is 18.3 Å². The van der Waals surface area contributed by atoms with Gasteiger partial charge in [0.05, 0.1) is 27.9 Å². The molecule has 1 aromatic heterocycles. The van der Waals surface area contributed by atoms with Gasteiger partial charge in [0.25, 0.3) is 11.6 Å². The van der Waals surface area contributed by atoms with E-state index in [0.29, 0.717) is 17.8 Å². The van der Waals surface area contributed by atoms with Crippen LogP contribution in [0.2, 0.25) is 0 Å². The summed E-state index contributed by atoms with van der Waals surface area (Å²) in [6, 6.07) is 5.94. The molecule has 0 atom stereocenters. The van der Waals surface area contributed by atoms with Gasteiger partial charge in [0.15, 0.2) is 0 Å². The number of carbonyl (C=O) groups excluding carboxylic acids is 1. The summed E-state index contributed by atoms with van der Waals surface area (Å²) in [6.07, 6.45) is 4.52. The summed E-state index contributed by atoms with van der Waals surface area (Å²) >= 11 is 0. The quantitative estimate of drug-likeness (QED) is 0.595. The van der Waals surface area contributed by atoms with Gasteiger partial charge in [-0.15, -0.1) is 0 Å². The third-order valence-electron chi connectivity index (χ3n) is 4.29. The number of carbonyl (C=O) groups is 1. The van der Waals surface area contributed by atoms with Crippen molar-refractivity contribution in [3.8, 4) is 5.69 Å². The molecule has 0 aliphatic carbocycles. The number of amides is 1. The van der Waals surface area contributed by atoms with Crippen LogP contribution >= 0.6 is 0 Å². The number of nitro benzene ring substituents is 1. The predicted octanol–water partition coefficient (Wildman–Crippen LogP) is 2.03. The summed E-state index contributed by atoms with van der Waals surface area (Å²) in [7, 11) is 0. The van der Waals surface area contributed by atoms with Crippen molar-refractivity contribution in [3.05, 3.63) is 52.3 Å². The number of hydrogen-bond donors (Lipinski definition) is 2. The average Bonchev–Trinajstić information content (AvgIpc) is 3.10. The van der Waals surface area contributed by atoms with Crippen molar-refractivity contribution in [3.63, 3.8) is 0 Å². The number of aromatic nitrogens is 2. The van der Waals surface area contributed by atoms with Crippen molar-refractivity contribution in [1.82, 2.24) is 15.1 Å². The van der Waals surface area contributed by atoms with Gasteiger partial charge in [0.1, 0.15) is 0 Å². The van der Waals surface area contributed by atoms with Crippen LogP contribution in [-0.2, 0) is 0 Å². The number of non-ortho nitro benzene ring substituents is 1. The molecule has 8 heteroatoms. The second-order valence-corrected chi connectivity index (χ2v) is 5.59. The molecule has 2 rings (SSSR count). The molecule has 1 aromatic carbocycles. The van der Waals surface area contributed by atoms with Crippen LogP contribution in [0, 0.1) is 10.1 Å². The molecule has 0 bridgehead atoms. The number of benzene rings is 1. The summed E-state index contributed by atoms with van der Waals surface area (Å²) < 4.78 is 1.50. The van der Waals surface area contributed by atoms with Crippen molar-refractivity contribution in [2.24, 2.45) is 5.73 Å². The van der Waals surface area contributed by atoms with Gasteiger partial charge in [0.2, 0.25) is 0 Å². The van der Waals surface area contributed by atoms with Crippen molar-refractivity contribution in [2.45, 2.75) is 32.2 Å². The van der Waals surface area contributed by atoms with E-state index in [4.69, 9.17) is 5.73 Å². The molecule has 0 spiro atoms. The molecule has 0 saturated heterocycles. The fraction of sp³-hybridized carbons (Fsp3) is 0.375. The molecule has 3 N–H and O–H groups in total. The molecule has 2 aromatic rings. The maximum atomic E-state index is 12.4. The summed E-state index contributed by atoms with van der Waals surface area (Å²) in [5.74, 6) is -0.239. The summed E-state index contributed by atoms with van der Waals surface area (Å²) in [6.45, 7) is 4.33. The molecule has 1 amide bonds. The van der Waals surface area contributed by atoms with Gasteiger partial charge < -0.3 is 11.1 Å². The molecule has 0 aliphatic rings. The van der Waals surface area contributed by atoms with E-state index in [2.05, 4.69) is 10.4 Å². The van der Waals surface area contributed by atoms with Crippen LogP contribution in [0.15, 0.2) is 36.7 Å². The van der Waals surface area contributed by atoms with E-state index in [1.165, 1.54) is 23.0 Å². The fourth-order valence-electron chi connectivity index (χ4n) is 2.39. The Hall–Kier alpha value is -2.74. The number of rotatable bonds is 7. The summed E-state index contributed by atoms with van der Waals surface area (Å²) in [5, 5.41) is 17.8. The largest absolute Gasteiger partial charge is 0.345 e. The topological polar surface area (TPSA) is 116 Å². The van der Waals surface area contributed by atoms with Gasteiger partial charge in [-0.3, -0.25) is 14.9 Å². The molecule has 0 radical (unpaired) electrons. The van der Waals surface area contributed by atoms with Crippen LogP contribution in [0.5, 0.6) is 0 Å². The van der Waals surface area contributed by atoms with E-state index in [9.17, 15) is 14.9 Å². The Balaban J connectivity index is 2.18. The smallest absolute Gasteiger partial charge is 0.269 e. The van der Waals surface area contributed by atoms with Crippen LogP contribution in [-0.4, -0.2) is 32.7 Å². The van der Waals surface area contributed by atoms with Crippen LogP contribution in [0.3, 0.4) is 0 Å². The zero-order chi connectivity index (χ0) is 17.7. The molecule has 8 nitrogen and oxygen atoms in total. The molecule has 0 saturated carbocycles. The molecular weight excluding hydrogens is 310 g/mol. The number of hydrogen-bond acceptors (Lipinski definition) is 5. The minimum Gasteiger partial charge on any atom is -0.345 e. The highest BCUT2D eigenvalue weighted by Gasteiger charge is 2.27. The maximum absolute atomic E-state index is 12.4. The summed E-state index contributed by atoms with van der Waals surface area (Å²) in [5.41, 5.74) is 6.42. The third kappa shape index (κ3) is 3.60. The minimum absolute atomic E-state index is 0.00231. The van der Waals surface area contributed by atoms with Gasteiger partial charge in [-0.05, 0) is 25.0 Å². The zero-order valence-corrected chi connectivity index (χ0v) is 13.7. The first-order valence-corrected chi connectivity index (χ1v) is 7.76. The van der Waals surface area contributed by atoms with Gasteiger partial charge >= 0.3 is 0 Å². The normalized spacial score (nSPS) is 11.3. The highest BCUT2D eigenvalue weighted by molar-refractivity contribution is 5.94.